The van der Waals surface area contributed by atoms with Gasteiger partial charge in [-0.1, -0.05) is 13.8 Å². The summed E-state index contributed by atoms with van der Waals surface area (Å²) in [5, 5.41) is 8.93. The van der Waals surface area contributed by atoms with Gasteiger partial charge in [-0.25, -0.2) is 0 Å². The van der Waals surface area contributed by atoms with Gasteiger partial charge in [0.25, 0.3) is 0 Å². The van der Waals surface area contributed by atoms with Crippen LogP contribution in [-0.4, -0.2) is 60.1 Å². The molecular formula is C14H26N2O2. The Hall–Kier alpha value is -0.610. The zero-order valence-corrected chi connectivity index (χ0v) is 11.7. The third kappa shape index (κ3) is 3.95. The molecule has 4 nitrogen and oxygen atoms in total. The van der Waals surface area contributed by atoms with Crippen LogP contribution in [0.1, 0.15) is 33.1 Å². The van der Waals surface area contributed by atoms with E-state index in [0.29, 0.717) is 6.42 Å². The van der Waals surface area contributed by atoms with Crippen molar-refractivity contribution < 1.29 is 9.90 Å². The van der Waals surface area contributed by atoms with Crippen LogP contribution in [0.15, 0.2) is 0 Å². The molecule has 1 aliphatic carbocycles. The van der Waals surface area contributed by atoms with Gasteiger partial charge in [0.15, 0.2) is 0 Å². The zero-order chi connectivity index (χ0) is 13.2. The van der Waals surface area contributed by atoms with Crippen molar-refractivity contribution in [3.63, 3.8) is 0 Å². The van der Waals surface area contributed by atoms with Crippen LogP contribution in [0.25, 0.3) is 0 Å². The summed E-state index contributed by atoms with van der Waals surface area (Å²) in [6, 6.07) is 0. The van der Waals surface area contributed by atoms with Gasteiger partial charge in [-0.15, -0.1) is 0 Å². The fraction of sp³-hybridized carbons (Fsp3) is 0.929. The van der Waals surface area contributed by atoms with Crippen molar-refractivity contribution in [1.82, 2.24) is 9.80 Å². The van der Waals surface area contributed by atoms with E-state index in [0.717, 1.165) is 51.5 Å². The van der Waals surface area contributed by atoms with E-state index in [1.807, 2.05) is 0 Å². The lowest BCUT2D eigenvalue weighted by Crippen LogP contribution is -2.49. The number of rotatable bonds is 6. The molecule has 0 radical (unpaired) electrons. The largest absolute Gasteiger partial charge is 0.481 e. The molecule has 18 heavy (non-hydrogen) atoms. The molecule has 2 fully saturated rings. The molecule has 0 unspecified atom stereocenters. The van der Waals surface area contributed by atoms with Crippen LogP contribution >= 0.6 is 0 Å². The number of hydrogen-bond acceptors (Lipinski definition) is 3. The Bertz CT molecular complexity index is 292. The average molecular weight is 254 g/mol. The van der Waals surface area contributed by atoms with Gasteiger partial charge < -0.3 is 14.9 Å². The molecule has 2 rings (SSSR count). The number of carboxylic acid groups (broad SMARTS) is 1. The minimum Gasteiger partial charge on any atom is -0.481 e. The van der Waals surface area contributed by atoms with E-state index in [-0.39, 0.29) is 5.41 Å². The summed E-state index contributed by atoms with van der Waals surface area (Å²) in [6.07, 6.45) is 2.57. The lowest BCUT2D eigenvalue weighted by Gasteiger charge is -2.37. The molecule has 0 spiro atoms. The highest BCUT2D eigenvalue weighted by molar-refractivity contribution is 5.68. The highest BCUT2D eigenvalue weighted by Crippen LogP contribution is 2.49. The maximum Gasteiger partial charge on any atom is 0.303 e. The maximum absolute atomic E-state index is 10.8. The molecule has 1 heterocycles. The Labute approximate surface area is 110 Å². The summed E-state index contributed by atoms with van der Waals surface area (Å²) in [5.41, 5.74) is 0.117. The molecule has 0 amide bonds. The standard InChI is InChI=1S/C14H26N2O2/c1-12(2)10-15-5-7-16(8-6-15)11-14(3-4-14)9-13(17)18/h12H,3-11H2,1-2H3,(H,17,18). The Kier molecular flexibility index (Phi) is 4.28. The van der Waals surface area contributed by atoms with Gasteiger partial charge in [-0.3, -0.25) is 4.79 Å². The van der Waals surface area contributed by atoms with E-state index in [1.54, 1.807) is 0 Å². The van der Waals surface area contributed by atoms with Gasteiger partial charge in [0.05, 0.1) is 6.42 Å². The fourth-order valence-electron chi connectivity index (χ4n) is 3.01. The van der Waals surface area contributed by atoms with Crippen LogP contribution in [0.2, 0.25) is 0 Å². The molecule has 1 N–H and O–H groups in total. The van der Waals surface area contributed by atoms with E-state index >= 15 is 0 Å². The Morgan fingerprint density at radius 1 is 1.17 bits per heavy atom. The first-order valence-corrected chi connectivity index (χ1v) is 7.16. The Balaban J connectivity index is 1.72. The van der Waals surface area contributed by atoms with E-state index in [2.05, 4.69) is 23.6 Å². The maximum atomic E-state index is 10.8. The SMILES string of the molecule is CC(C)CN1CCN(CC2(CC(=O)O)CC2)CC1. The summed E-state index contributed by atoms with van der Waals surface area (Å²) in [6.45, 7) is 11.2. The van der Waals surface area contributed by atoms with Crippen molar-refractivity contribution >= 4 is 5.97 Å². The number of carbonyl (C=O) groups is 1. The van der Waals surface area contributed by atoms with Gasteiger partial charge in [0, 0.05) is 39.3 Å². The van der Waals surface area contributed by atoms with Gasteiger partial charge >= 0.3 is 5.97 Å². The number of aliphatic carboxylic acids is 1. The van der Waals surface area contributed by atoms with Crippen LogP contribution in [0.5, 0.6) is 0 Å². The summed E-state index contributed by atoms with van der Waals surface area (Å²) >= 11 is 0. The van der Waals surface area contributed by atoms with Crippen LogP contribution in [0.3, 0.4) is 0 Å². The van der Waals surface area contributed by atoms with Gasteiger partial charge in [-0.05, 0) is 24.2 Å². The van der Waals surface area contributed by atoms with Gasteiger partial charge in [0.1, 0.15) is 0 Å². The highest BCUT2D eigenvalue weighted by Gasteiger charge is 2.45. The van der Waals surface area contributed by atoms with E-state index in [1.165, 1.54) is 6.54 Å². The Morgan fingerprint density at radius 3 is 2.17 bits per heavy atom. The second-order valence-electron chi connectivity index (χ2n) is 6.54. The van der Waals surface area contributed by atoms with Crippen LogP contribution < -0.4 is 0 Å². The number of nitrogens with zero attached hydrogens (tertiary/aromatic N) is 2. The molecule has 104 valence electrons. The molecule has 1 aliphatic heterocycles. The Morgan fingerprint density at radius 2 is 1.72 bits per heavy atom. The van der Waals surface area contributed by atoms with E-state index < -0.39 is 5.97 Å². The molecule has 0 aromatic carbocycles. The average Bonchev–Trinajstić information content (AvgIpc) is 2.99. The molecule has 1 saturated carbocycles. The molecule has 2 aliphatic rings. The van der Waals surface area contributed by atoms with Crippen molar-refractivity contribution in [3.8, 4) is 0 Å². The van der Waals surface area contributed by atoms with Crippen LogP contribution in [-0.2, 0) is 4.79 Å². The topological polar surface area (TPSA) is 43.8 Å². The van der Waals surface area contributed by atoms with Gasteiger partial charge in [-0.2, -0.15) is 0 Å². The third-order valence-electron chi connectivity index (χ3n) is 4.13. The summed E-state index contributed by atoms with van der Waals surface area (Å²) < 4.78 is 0. The fourth-order valence-corrected chi connectivity index (χ4v) is 3.01. The van der Waals surface area contributed by atoms with E-state index in [4.69, 9.17) is 5.11 Å². The van der Waals surface area contributed by atoms with Crippen molar-refractivity contribution in [2.45, 2.75) is 33.1 Å². The van der Waals surface area contributed by atoms with Crippen molar-refractivity contribution in [1.29, 1.82) is 0 Å². The predicted molar refractivity (Wildman–Crippen MR) is 71.6 cm³/mol. The molecule has 0 aromatic heterocycles. The molecule has 1 saturated heterocycles. The number of carboxylic acids is 1. The minimum atomic E-state index is -0.633. The van der Waals surface area contributed by atoms with Crippen molar-refractivity contribution in [3.05, 3.63) is 0 Å². The number of hydrogen-bond donors (Lipinski definition) is 1. The molecule has 0 aromatic rings. The first-order valence-electron chi connectivity index (χ1n) is 7.16. The summed E-state index contributed by atoms with van der Waals surface area (Å²) in [5.74, 6) is 0.101. The lowest BCUT2D eigenvalue weighted by atomic mass is 10.0. The van der Waals surface area contributed by atoms with Crippen LogP contribution in [0.4, 0.5) is 0 Å². The third-order valence-corrected chi connectivity index (χ3v) is 4.13. The second-order valence-corrected chi connectivity index (χ2v) is 6.54. The molecule has 4 heteroatoms. The minimum absolute atomic E-state index is 0.117. The smallest absolute Gasteiger partial charge is 0.303 e. The quantitative estimate of drug-likeness (QED) is 0.780. The first kappa shape index (κ1) is 13.8. The molecule has 0 atom stereocenters. The molecular weight excluding hydrogens is 228 g/mol. The predicted octanol–water partition coefficient (Wildman–Crippen LogP) is 1.51. The van der Waals surface area contributed by atoms with Gasteiger partial charge in [0.2, 0.25) is 0 Å². The molecule has 0 bridgehead atoms. The van der Waals surface area contributed by atoms with E-state index in [9.17, 15) is 4.79 Å². The monoisotopic (exact) mass is 254 g/mol. The normalized spacial score (nSPS) is 24.4. The summed E-state index contributed by atoms with van der Waals surface area (Å²) in [7, 11) is 0. The number of piperazine rings is 1. The van der Waals surface area contributed by atoms with Crippen molar-refractivity contribution in [2.75, 3.05) is 39.3 Å². The van der Waals surface area contributed by atoms with Crippen molar-refractivity contribution in [2.24, 2.45) is 11.3 Å². The first-order chi connectivity index (χ1) is 8.49. The zero-order valence-electron chi connectivity index (χ0n) is 11.7. The van der Waals surface area contributed by atoms with Crippen LogP contribution in [0, 0.1) is 11.3 Å². The highest BCUT2D eigenvalue weighted by atomic mass is 16.4. The lowest BCUT2D eigenvalue weighted by molar-refractivity contribution is -0.138. The second kappa shape index (κ2) is 5.57. The summed E-state index contributed by atoms with van der Waals surface area (Å²) in [4.78, 5) is 15.8.